The SMILES string of the molecule is Cc1cccc2nc(N)n(C3CCCC(NC(=O)O)C3)c12. The second-order valence-corrected chi connectivity index (χ2v) is 5.75. The lowest BCUT2D eigenvalue weighted by Gasteiger charge is -2.31. The average Bonchev–Trinajstić information content (AvgIpc) is 2.76. The number of benzene rings is 1. The molecule has 6 nitrogen and oxygen atoms in total. The topological polar surface area (TPSA) is 93.2 Å². The lowest BCUT2D eigenvalue weighted by Crippen LogP contribution is -2.38. The van der Waals surface area contributed by atoms with Gasteiger partial charge in [0.25, 0.3) is 0 Å². The van der Waals surface area contributed by atoms with E-state index < -0.39 is 6.09 Å². The van der Waals surface area contributed by atoms with Crippen molar-refractivity contribution in [3.8, 4) is 0 Å². The Balaban J connectivity index is 1.96. The van der Waals surface area contributed by atoms with Crippen LogP contribution in [0.3, 0.4) is 0 Å². The van der Waals surface area contributed by atoms with Gasteiger partial charge in [0.05, 0.1) is 11.0 Å². The second-order valence-electron chi connectivity index (χ2n) is 5.75. The molecular weight excluding hydrogens is 268 g/mol. The van der Waals surface area contributed by atoms with Crippen LogP contribution in [-0.2, 0) is 0 Å². The number of hydrogen-bond donors (Lipinski definition) is 3. The smallest absolute Gasteiger partial charge is 0.404 e. The third-order valence-electron chi connectivity index (χ3n) is 4.28. The van der Waals surface area contributed by atoms with Crippen molar-refractivity contribution in [2.45, 2.75) is 44.7 Å². The number of fused-ring (bicyclic) bond motifs is 1. The van der Waals surface area contributed by atoms with Crippen LogP contribution in [0, 0.1) is 6.92 Å². The first-order chi connectivity index (χ1) is 10.1. The van der Waals surface area contributed by atoms with Crippen molar-refractivity contribution in [3.63, 3.8) is 0 Å². The van der Waals surface area contributed by atoms with Crippen molar-refractivity contribution in [1.29, 1.82) is 0 Å². The van der Waals surface area contributed by atoms with Crippen LogP contribution in [-0.4, -0.2) is 26.8 Å². The Hall–Kier alpha value is -2.24. The molecule has 21 heavy (non-hydrogen) atoms. The first-order valence-electron chi connectivity index (χ1n) is 7.28. The first kappa shape index (κ1) is 13.7. The van der Waals surface area contributed by atoms with Gasteiger partial charge in [0.1, 0.15) is 0 Å². The quantitative estimate of drug-likeness (QED) is 0.792. The monoisotopic (exact) mass is 288 g/mol. The van der Waals surface area contributed by atoms with Gasteiger partial charge in [-0.2, -0.15) is 0 Å². The van der Waals surface area contributed by atoms with Crippen LogP contribution in [0.4, 0.5) is 10.7 Å². The van der Waals surface area contributed by atoms with Gasteiger partial charge in [-0.1, -0.05) is 12.1 Å². The van der Waals surface area contributed by atoms with Crippen LogP contribution in [0.5, 0.6) is 0 Å². The minimum atomic E-state index is -0.958. The van der Waals surface area contributed by atoms with E-state index in [-0.39, 0.29) is 12.1 Å². The van der Waals surface area contributed by atoms with E-state index in [4.69, 9.17) is 10.8 Å². The summed E-state index contributed by atoms with van der Waals surface area (Å²) in [6.07, 6.45) is 2.67. The van der Waals surface area contributed by atoms with Gasteiger partial charge in [-0.15, -0.1) is 0 Å². The van der Waals surface area contributed by atoms with Gasteiger partial charge in [-0.25, -0.2) is 9.78 Å². The third-order valence-corrected chi connectivity index (χ3v) is 4.28. The molecule has 1 aliphatic rings. The summed E-state index contributed by atoms with van der Waals surface area (Å²) in [4.78, 5) is 15.3. The summed E-state index contributed by atoms with van der Waals surface area (Å²) in [5, 5.41) is 11.5. The van der Waals surface area contributed by atoms with Crippen molar-refractivity contribution in [3.05, 3.63) is 23.8 Å². The molecular formula is C15H20N4O2. The molecule has 2 atom stereocenters. The predicted octanol–water partition coefficient (Wildman–Crippen LogP) is 2.68. The maximum absolute atomic E-state index is 10.8. The number of imidazole rings is 1. The fourth-order valence-corrected chi connectivity index (χ4v) is 3.41. The number of nitrogens with two attached hydrogens (primary N) is 1. The van der Waals surface area contributed by atoms with Crippen LogP contribution >= 0.6 is 0 Å². The molecule has 3 rings (SSSR count). The molecule has 1 heterocycles. The number of carboxylic acid groups (broad SMARTS) is 1. The predicted molar refractivity (Wildman–Crippen MR) is 81.3 cm³/mol. The van der Waals surface area contributed by atoms with E-state index in [2.05, 4.69) is 27.9 Å². The minimum Gasteiger partial charge on any atom is -0.465 e. The van der Waals surface area contributed by atoms with Crippen LogP contribution in [0.1, 0.15) is 37.3 Å². The number of nitrogens with one attached hydrogen (secondary N) is 1. The molecule has 4 N–H and O–H groups in total. The number of aromatic nitrogens is 2. The first-order valence-corrected chi connectivity index (χ1v) is 7.28. The average molecular weight is 288 g/mol. The zero-order chi connectivity index (χ0) is 15.0. The molecule has 0 aliphatic heterocycles. The molecule has 1 aromatic carbocycles. The molecule has 1 saturated carbocycles. The number of carbonyl (C=O) groups is 1. The van der Waals surface area contributed by atoms with Gasteiger partial charge < -0.3 is 20.7 Å². The molecule has 0 bridgehead atoms. The molecule has 2 aromatic rings. The molecule has 1 fully saturated rings. The van der Waals surface area contributed by atoms with Gasteiger partial charge in [-0.3, -0.25) is 0 Å². The summed E-state index contributed by atoms with van der Waals surface area (Å²) < 4.78 is 2.08. The van der Waals surface area contributed by atoms with E-state index in [1.807, 2.05) is 12.1 Å². The number of rotatable bonds is 2. The van der Waals surface area contributed by atoms with Crippen molar-refractivity contribution in [2.24, 2.45) is 0 Å². The van der Waals surface area contributed by atoms with E-state index in [0.717, 1.165) is 42.3 Å². The largest absolute Gasteiger partial charge is 0.465 e. The zero-order valence-corrected chi connectivity index (χ0v) is 12.0. The molecule has 6 heteroatoms. The Morgan fingerprint density at radius 3 is 3.05 bits per heavy atom. The summed E-state index contributed by atoms with van der Waals surface area (Å²) in [6.45, 7) is 2.05. The maximum atomic E-state index is 10.8. The van der Waals surface area contributed by atoms with E-state index in [9.17, 15) is 4.79 Å². The molecule has 112 valence electrons. The lowest BCUT2D eigenvalue weighted by molar-refractivity contribution is 0.182. The van der Waals surface area contributed by atoms with E-state index >= 15 is 0 Å². The van der Waals surface area contributed by atoms with Crippen molar-refractivity contribution >= 4 is 23.1 Å². The highest BCUT2D eigenvalue weighted by Gasteiger charge is 2.27. The van der Waals surface area contributed by atoms with Crippen molar-refractivity contribution in [1.82, 2.24) is 14.9 Å². The molecule has 0 saturated heterocycles. The summed E-state index contributed by atoms with van der Waals surface area (Å²) in [5.74, 6) is 0.514. The van der Waals surface area contributed by atoms with E-state index in [0.29, 0.717) is 5.95 Å². The van der Waals surface area contributed by atoms with Gasteiger partial charge in [-0.05, 0) is 44.2 Å². The fraction of sp³-hybridized carbons (Fsp3) is 0.467. The number of nitrogen functional groups attached to an aromatic ring is 1. The van der Waals surface area contributed by atoms with Crippen LogP contribution < -0.4 is 11.1 Å². The molecule has 1 aliphatic carbocycles. The van der Waals surface area contributed by atoms with Crippen LogP contribution in [0.25, 0.3) is 11.0 Å². The fourth-order valence-electron chi connectivity index (χ4n) is 3.41. The summed E-state index contributed by atoms with van der Waals surface area (Å²) >= 11 is 0. The number of hydrogen-bond acceptors (Lipinski definition) is 3. The Morgan fingerprint density at radius 2 is 2.29 bits per heavy atom. The van der Waals surface area contributed by atoms with E-state index in [1.165, 1.54) is 0 Å². The number of amides is 1. The summed E-state index contributed by atoms with van der Waals surface area (Å²) in [7, 11) is 0. The lowest BCUT2D eigenvalue weighted by atomic mass is 9.90. The van der Waals surface area contributed by atoms with Gasteiger partial charge >= 0.3 is 6.09 Å². The number of para-hydroxylation sites is 1. The zero-order valence-electron chi connectivity index (χ0n) is 12.0. The highest BCUT2D eigenvalue weighted by atomic mass is 16.4. The summed E-state index contributed by atoms with van der Waals surface area (Å²) in [5.41, 5.74) is 9.23. The minimum absolute atomic E-state index is 0.0119. The highest BCUT2D eigenvalue weighted by molar-refractivity contribution is 5.81. The molecule has 1 aromatic heterocycles. The normalized spacial score (nSPS) is 22.3. The standard InChI is InChI=1S/C15H20N4O2/c1-9-4-2-7-12-13(9)19(14(16)18-12)11-6-3-5-10(8-11)17-15(20)21/h2,4,7,10-11,17H,3,5-6,8H2,1H3,(H2,16,18)(H,20,21). The van der Waals surface area contributed by atoms with Crippen molar-refractivity contribution < 1.29 is 9.90 Å². The molecule has 0 spiro atoms. The Bertz CT molecular complexity index is 680. The Kier molecular flexibility index (Phi) is 3.45. The summed E-state index contributed by atoms with van der Waals surface area (Å²) in [6, 6.07) is 6.18. The molecule has 2 unspecified atom stereocenters. The molecule has 0 radical (unpaired) electrons. The highest BCUT2D eigenvalue weighted by Crippen LogP contribution is 2.34. The third kappa shape index (κ3) is 2.53. The van der Waals surface area contributed by atoms with Gasteiger partial charge in [0, 0.05) is 12.1 Å². The van der Waals surface area contributed by atoms with Gasteiger partial charge in [0.2, 0.25) is 5.95 Å². The van der Waals surface area contributed by atoms with Crippen molar-refractivity contribution in [2.75, 3.05) is 5.73 Å². The number of nitrogens with zero attached hydrogens (tertiary/aromatic N) is 2. The van der Waals surface area contributed by atoms with Gasteiger partial charge in [0.15, 0.2) is 0 Å². The van der Waals surface area contributed by atoms with E-state index in [1.54, 1.807) is 0 Å². The van der Waals surface area contributed by atoms with Crippen LogP contribution in [0.15, 0.2) is 18.2 Å². The van der Waals surface area contributed by atoms with Crippen LogP contribution in [0.2, 0.25) is 0 Å². The number of anilines is 1. The Morgan fingerprint density at radius 1 is 1.48 bits per heavy atom. The Labute approximate surface area is 123 Å². The maximum Gasteiger partial charge on any atom is 0.404 e. The second kappa shape index (κ2) is 5.27. The number of aryl methyl sites for hydroxylation is 1. The molecule has 1 amide bonds.